The lowest BCUT2D eigenvalue weighted by atomic mass is 9.51. The van der Waals surface area contributed by atoms with Crippen LogP contribution >= 0.6 is 11.3 Å². The molecule has 1 aromatic carbocycles. The first-order valence-corrected chi connectivity index (χ1v) is 16.8. The number of aryl methyl sites for hydroxylation is 1. The van der Waals surface area contributed by atoms with Gasteiger partial charge in [0.2, 0.25) is 5.91 Å². The maximum atomic E-state index is 14.3. The van der Waals surface area contributed by atoms with Crippen molar-refractivity contribution in [2.75, 3.05) is 18.6 Å². The molecule has 0 aliphatic heterocycles. The number of rotatable bonds is 7. The summed E-state index contributed by atoms with van der Waals surface area (Å²) >= 11 is 1.75. The molecular formula is C36H47N3O2S. The summed E-state index contributed by atoms with van der Waals surface area (Å²) in [6, 6.07) is 11.0. The van der Waals surface area contributed by atoms with Crippen molar-refractivity contribution in [3.63, 3.8) is 0 Å². The van der Waals surface area contributed by atoms with Crippen molar-refractivity contribution in [2.45, 2.75) is 109 Å². The Kier molecular flexibility index (Phi) is 7.97. The van der Waals surface area contributed by atoms with Gasteiger partial charge in [-0.2, -0.15) is 0 Å². The van der Waals surface area contributed by atoms with Crippen molar-refractivity contribution in [3.8, 4) is 16.2 Å². The number of fused-ring (bicyclic) bond motifs is 3. The summed E-state index contributed by atoms with van der Waals surface area (Å²) in [4.78, 5) is 27.1. The van der Waals surface area contributed by atoms with E-state index in [2.05, 4.69) is 62.9 Å². The molecular weight excluding hydrogens is 538 g/mol. The maximum Gasteiger partial charge on any atom is 0.231 e. The van der Waals surface area contributed by atoms with Crippen molar-refractivity contribution in [1.29, 1.82) is 0 Å². The van der Waals surface area contributed by atoms with Crippen LogP contribution in [0, 0.1) is 18.3 Å². The molecule has 0 atom stereocenters. The lowest BCUT2D eigenvalue weighted by Gasteiger charge is -2.55. The number of benzene rings is 1. The van der Waals surface area contributed by atoms with Gasteiger partial charge in [-0.1, -0.05) is 52.2 Å². The molecule has 2 heterocycles. The van der Waals surface area contributed by atoms with Crippen molar-refractivity contribution >= 4 is 23.1 Å². The zero-order valence-electron chi connectivity index (χ0n) is 26.2. The van der Waals surface area contributed by atoms with E-state index in [1.165, 1.54) is 36.8 Å². The van der Waals surface area contributed by atoms with Crippen LogP contribution in [0.5, 0.6) is 5.75 Å². The van der Waals surface area contributed by atoms with E-state index >= 15 is 0 Å². The lowest BCUT2D eigenvalue weighted by Crippen LogP contribution is -2.51. The van der Waals surface area contributed by atoms with Gasteiger partial charge in [-0.25, -0.2) is 9.97 Å². The average molecular weight is 586 g/mol. The standard InChI is InChI=1S/C36H47N3O2S/c1-25-21-28(11-12-29(25)41-5)36-17-14-35(15-18-36,16-19-36)24-39(32(40)26-9-7-6-8-10-26)31-22-27(13-20-37-31)30-23-38-33(42-30)34(2,3)4/h11-13,20-23,26H,6-10,14-19,24H2,1-5H3. The number of amides is 1. The molecule has 4 fully saturated rings. The molecule has 7 rings (SSSR count). The molecule has 224 valence electrons. The van der Waals surface area contributed by atoms with Gasteiger partial charge in [0, 0.05) is 30.3 Å². The lowest BCUT2D eigenvalue weighted by molar-refractivity contribution is -0.124. The first-order valence-electron chi connectivity index (χ1n) is 16.0. The summed E-state index contributed by atoms with van der Waals surface area (Å²) in [6.07, 6.45) is 16.5. The highest BCUT2D eigenvalue weighted by Crippen LogP contribution is 2.58. The third kappa shape index (κ3) is 5.64. The van der Waals surface area contributed by atoms with Gasteiger partial charge in [-0.3, -0.25) is 9.69 Å². The molecule has 2 aromatic heterocycles. The van der Waals surface area contributed by atoms with Gasteiger partial charge in [0.25, 0.3) is 0 Å². The first-order chi connectivity index (χ1) is 20.1. The molecule has 6 heteroatoms. The minimum absolute atomic E-state index is 0.0165. The molecule has 5 nitrogen and oxygen atoms in total. The van der Waals surface area contributed by atoms with Gasteiger partial charge in [0.1, 0.15) is 11.6 Å². The second-order valence-corrected chi connectivity index (χ2v) is 15.4. The number of ether oxygens (including phenoxy) is 1. The molecule has 1 amide bonds. The van der Waals surface area contributed by atoms with Crippen LogP contribution in [0.2, 0.25) is 0 Å². The monoisotopic (exact) mass is 585 g/mol. The summed E-state index contributed by atoms with van der Waals surface area (Å²) in [5.74, 6) is 2.19. The second kappa shape index (κ2) is 11.4. The number of carbonyl (C=O) groups excluding carboxylic acids is 1. The van der Waals surface area contributed by atoms with E-state index in [1.807, 2.05) is 12.4 Å². The molecule has 0 saturated heterocycles. The Morgan fingerprint density at radius 3 is 2.33 bits per heavy atom. The number of hydrogen-bond acceptors (Lipinski definition) is 5. The van der Waals surface area contributed by atoms with Crippen LogP contribution in [-0.2, 0) is 15.6 Å². The van der Waals surface area contributed by atoms with Crippen LogP contribution in [0.15, 0.2) is 42.7 Å². The number of pyridine rings is 1. The van der Waals surface area contributed by atoms with Gasteiger partial charge >= 0.3 is 0 Å². The van der Waals surface area contributed by atoms with Gasteiger partial charge in [0.15, 0.2) is 0 Å². The van der Waals surface area contributed by atoms with E-state index in [0.717, 1.165) is 78.5 Å². The maximum absolute atomic E-state index is 14.3. The normalized spacial score (nSPS) is 24.5. The summed E-state index contributed by atoms with van der Waals surface area (Å²) in [5.41, 5.74) is 4.23. The topological polar surface area (TPSA) is 55.3 Å². The predicted molar refractivity (Wildman–Crippen MR) is 173 cm³/mol. The fourth-order valence-electron chi connectivity index (χ4n) is 7.79. The van der Waals surface area contributed by atoms with Crippen LogP contribution < -0.4 is 9.64 Å². The van der Waals surface area contributed by atoms with Crippen molar-refractivity contribution in [3.05, 3.63) is 58.9 Å². The summed E-state index contributed by atoms with van der Waals surface area (Å²) in [5, 5.41) is 1.13. The minimum atomic E-state index is 0.0165. The SMILES string of the molecule is COc1ccc(C23CCC(CN(C(=O)C4CCCCC4)c4cc(-c5cnc(C(C)(C)C)s5)ccn4)(CC2)CC3)cc1C. The molecule has 2 bridgehead atoms. The Morgan fingerprint density at radius 1 is 1.00 bits per heavy atom. The third-order valence-corrected chi connectivity index (χ3v) is 12.0. The molecule has 4 saturated carbocycles. The molecule has 0 unspecified atom stereocenters. The Morgan fingerprint density at radius 2 is 1.71 bits per heavy atom. The quantitative estimate of drug-likeness (QED) is 0.278. The molecule has 0 spiro atoms. The number of carbonyl (C=O) groups is 1. The average Bonchev–Trinajstić information content (AvgIpc) is 3.53. The van der Waals surface area contributed by atoms with Crippen LogP contribution in [0.4, 0.5) is 5.82 Å². The number of methoxy groups -OCH3 is 1. The predicted octanol–water partition coefficient (Wildman–Crippen LogP) is 9.03. The van der Waals surface area contributed by atoms with E-state index in [-0.39, 0.29) is 22.2 Å². The Hall–Kier alpha value is -2.73. The summed E-state index contributed by atoms with van der Waals surface area (Å²) in [7, 11) is 1.75. The smallest absolute Gasteiger partial charge is 0.231 e. The third-order valence-electron chi connectivity index (χ3n) is 10.6. The molecule has 0 radical (unpaired) electrons. The second-order valence-electron chi connectivity index (χ2n) is 14.4. The molecule has 3 aromatic rings. The van der Waals surface area contributed by atoms with E-state index in [0.29, 0.717) is 5.91 Å². The highest BCUT2D eigenvalue weighted by molar-refractivity contribution is 7.15. The Labute approximate surface area is 256 Å². The molecule has 0 N–H and O–H groups in total. The van der Waals surface area contributed by atoms with Gasteiger partial charge < -0.3 is 4.74 Å². The summed E-state index contributed by atoms with van der Waals surface area (Å²) < 4.78 is 5.54. The zero-order valence-corrected chi connectivity index (χ0v) is 27.0. The van der Waals surface area contributed by atoms with Crippen molar-refractivity contribution in [1.82, 2.24) is 9.97 Å². The van der Waals surface area contributed by atoms with Gasteiger partial charge in [-0.05, 0) is 104 Å². The fourth-order valence-corrected chi connectivity index (χ4v) is 8.76. The van der Waals surface area contributed by atoms with Crippen LogP contribution in [0.1, 0.15) is 108 Å². The summed E-state index contributed by atoms with van der Waals surface area (Å²) in [6.45, 7) is 9.55. The molecule has 42 heavy (non-hydrogen) atoms. The fraction of sp³-hybridized carbons (Fsp3) is 0.583. The number of thiazole rings is 1. The first kappa shape index (κ1) is 29.3. The minimum Gasteiger partial charge on any atom is -0.496 e. The van der Waals surface area contributed by atoms with Crippen molar-refractivity contribution < 1.29 is 9.53 Å². The highest BCUT2D eigenvalue weighted by atomic mass is 32.1. The van der Waals surface area contributed by atoms with E-state index < -0.39 is 0 Å². The Balaban J connectivity index is 1.27. The van der Waals surface area contributed by atoms with Gasteiger partial charge in [0.05, 0.1) is 17.0 Å². The number of aromatic nitrogens is 2. The van der Waals surface area contributed by atoms with Crippen LogP contribution in [0.25, 0.3) is 10.4 Å². The number of anilines is 1. The molecule has 4 aliphatic carbocycles. The van der Waals surface area contributed by atoms with Crippen molar-refractivity contribution in [2.24, 2.45) is 11.3 Å². The Bertz CT molecular complexity index is 1410. The van der Waals surface area contributed by atoms with E-state index in [9.17, 15) is 4.79 Å². The van der Waals surface area contributed by atoms with Crippen LogP contribution in [0.3, 0.4) is 0 Å². The van der Waals surface area contributed by atoms with E-state index in [1.54, 1.807) is 18.4 Å². The highest BCUT2D eigenvalue weighted by Gasteiger charge is 2.50. The zero-order chi connectivity index (χ0) is 29.5. The largest absolute Gasteiger partial charge is 0.496 e. The molecule has 4 aliphatic rings. The van der Waals surface area contributed by atoms with E-state index in [4.69, 9.17) is 14.7 Å². The number of nitrogens with zero attached hydrogens (tertiary/aromatic N) is 3. The van der Waals surface area contributed by atoms with Gasteiger partial charge in [-0.15, -0.1) is 11.3 Å². The van der Waals surface area contributed by atoms with Crippen LogP contribution in [-0.4, -0.2) is 29.5 Å². The number of hydrogen-bond donors (Lipinski definition) is 0.